The molecule has 0 amide bonds. The summed E-state index contributed by atoms with van der Waals surface area (Å²) in [6.45, 7) is 6.64. The maximum atomic E-state index is 11.4. The molecule has 0 bridgehead atoms. The summed E-state index contributed by atoms with van der Waals surface area (Å²) in [4.78, 5) is 29.2. The van der Waals surface area contributed by atoms with Gasteiger partial charge >= 0.3 is 5.97 Å². The van der Waals surface area contributed by atoms with Crippen molar-refractivity contribution in [2.45, 2.75) is 71.9 Å². The fraction of sp³-hybridized carbons (Fsp3) is 0.560. The van der Waals surface area contributed by atoms with Gasteiger partial charge in [-0.2, -0.15) is 4.98 Å². The van der Waals surface area contributed by atoms with Gasteiger partial charge in [-0.3, -0.25) is 4.79 Å². The Hall–Kier alpha value is -3.63. The predicted molar refractivity (Wildman–Crippen MR) is 133 cm³/mol. The van der Waals surface area contributed by atoms with Crippen LogP contribution in [0.2, 0.25) is 0 Å². The Kier molecular flexibility index (Phi) is 8.07. The minimum atomic E-state index is -0.749. The van der Waals surface area contributed by atoms with E-state index in [4.69, 9.17) is 9.72 Å². The van der Waals surface area contributed by atoms with Crippen LogP contribution in [0.1, 0.15) is 63.2 Å². The number of anilines is 1. The molecule has 11 heteroatoms. The van der Waals surface area contributed by atoms with Crippen molar-refractivity contribution in [1.29, 1.82) is 0 Å². The molecule has 0 spiro atoms. The van der Waals surface area contributed by atoms with Gasteiger partial charge in [0.15, 0.2) is 0 Å². The molecule has 1 aliphatic rings. The van der Waals surface area contributed by atoms with Gasteiger partial charge in [0, 0.05) is 13.5 Å². The van der Waals surface area contributed by atoms with Crippen LogP contribution in [0.15, 0.2) is 18.5 Å². The number of hydrogen-bond acceptors (Lipinski definition) is 9. The van der Waals surface area contributed by atoms with E-state index in [-0.39, 0.29) is 12.0 Å². The lowest BCUT2D eigenvalue weighted by Crippen LogP contribution is -2.29. The standard InChI is InChI=1S/C25H34N8O3/c1-5-15(2)11-22-27-14-28-25(30-22)26-13-20-23(31-32-33(20)4)19-9-10-21(16(3)29-19)36-18-8-6-7-17(12-18)24(34)35/h9-10,14-15,17-18H,5-8,11-13H2,1-4H3,(H,34,35)(H,26,27,28,30)/t15?,17-,18-/m0/s1. The van der Waals surface area contributed by atoms with Crippen LogP contribution >= 0.6 is 0 Å². The van der Waals surface area contributed by atoms with Crippen LogP contribution in [0.5, 0.6) is 5.75 Å². The summed E-state index contributed by atoms with van der Waals surface area (Å²) < 4.78 is 7.85. The molecule has 3 atom stereocenters. The molecule has 4 rings (SSSR count). The van der Waals surface area contributed by atoms with Crippen molar-refractivity contribution in [1.82, 2.24) is 34.9 Å². The van der Waals surface area contributed by atoms with Gasteiger partial charge in [-0.1, -0.05) is 25.5 Å². The Balaban J connectivity index is 1.45. The lowest BCUT2D eigenvalue weighted by atomic mass is 9.87. The van der Waals surface area contributed by atoms with E-state index in [1.807, 2.05) is 26.1 Å². The first-order valence-electron chi connectivity index (χ1n) is 12.5. The van der Waals surface area contributed by atoms with Crippen molar-refractivity contribution in [2.75, 3.05) is 5.32 Å². The summed E-state index contributed by atoms with van der Waals surface area (Å²) in [5, 5.41) is 21.1. The number of ether oxygens (including phenoxy) is 1. The smallest absolute Gasteiger partial charge is 0.306 e. The maximum absolute atomic E-state index is 11.4. The third-order valence-corrected chi connectivity index (χ3v) is 6.76. The van der Waals surface area contributed by atoms with Crippen molar-refractivity contribution in [3.8, 4) is 17.1 Å². The number of hydrogen-bond donors (Lipinski definition) is 2. The molecular weight excluding hydrogens is 460 g/mol. The number of carbonyl (C=O) groups is 1. The van der Waals surface area contributed by atoms with Gasteiger partial charge in [0.1, 0.15) is 23.6 Å². The van der Waals surface area contributed by atoms with Crippen LogP contribution in [0.4, 0.5) is 5.95 Å². The predicted octanol–water partition coefficient (Wildman–Crippen LogP) is 3.59. The Morgan fingerprint density at radius 2 is 2.11 bits per heavy atom. The number of aliphatic carboxylic acids is 1. The second-order valence-corrected chi connectivity index (χ2v) is 9.53. The second kappa shape index (κ2) is 11.4. The largest absolute Gasteiger partial charge is 0.489 e. The molecule has 3 aromatic rings. The lowest BCUT2D eigenvalue weighted by molar-refractivity contribution is -0.143. The van der Waals surface area contributed by atoms with Gasteiger partial charge < -0.3 is 15.2 Å². The lowest BCUT2D eigenvalue weighted by Gasteiger charge is -2.27. The number of rotatable bonds is 10. The van der Waals surface area contributed by atoms with Gasteiger partial charge in [-0.15, -0.1) is 5.10 Å². The van der Waals surface area contributed by atoms with E-state index in [0.717, 1.165) is 42.9 Å². The minimum Gasteiger partial charge on any atom is -0.489 e. The Labute approximate surface area is 210 Å². The van der Waals surface area contributed by atoms with Gasteiger partial charge in [0.25, 0.3) is 0 Å². The molecule has 0 saturated heterocycles. The van der Waals surface area contributed by atoms with Gasteiger partial charge in [0.05, 0.1) is 35.6 Å². The third kappa shape index (κ3) is 6.13. The quantitative estimate of drug-likeness (QED) is 0.429. The zero-order valence-electron chi connectivity index (χ0n) is 21.3. The molecule has 1 aliphatic carbocycles. The molecule has 1 fully saturated rings. The van der Waals surface area contributed by atoms with Crippen molar-refractivity contribution < 1.29 is 14.6 Å². The van der Waals surface area contributed by atoms with Crippen LogP contribution < -0.4 is 10.1 Å². The number of carboxylic acid groups (broad SMARTS) is 1. The summed E-state index contributed by atoms with van der Waals surface area (Å²) in [6.07, 6.45) is 6.21. The highest BCUT2D eigenvalue weighted by molar-refractivity contribution is 5.70. The fourth-order valence-electron chi connectivity index (χ4n) is 4.37. The number of nitrogens with zero attached hydrogens (tertiary/aromatic N) is 7. The molecule has 11 nitrogen and oxygen atoms in total. The van der Waals surface area contributed by atoms with Crippen molar-refractivity contribution in [3.05, 3.63) is 35.7 Å². The highest BCUT2D eigenvalue weighted by Gasteiger charge is 2.28. The highest BCUT2D eigenvalue weighted by Crippen LogP contribution is 2.30. The topological polar surface area (TPSA) is 141 Å². The summed E-state index contributed by atoms with van der Waals surface area (Å²) in [7, 11) is 1.83. The average Bonchev–Trinajstić information content (AvgIpc) is 3.24. The SMILES string of the molecule is CCC(C)Cc1ncnc(NCc2c(-c3ccc(O[C@H]4CCC[C@H](C(=O)O)C4)c(C)n3)nnn2C)n1. The molecule has 2 N–H and O–H groups in total. The Morgan fingerprint density at radius 3 is 2.86 bits per heavy atom. The van der Waals surface area contributed by atoms with Crippen molar-refractivity contribution in [2.24, 2.45) is 18.9 Å². The van der Waals surface area contributed by atoms with Crippen LogP contribution in [-0.4, -0.2) is 52.1 Å². The fourth-order valence-corrected chi connectivity index (χ4v) is 4.37. The Morgan fingerprint density at radius 1 is 1.28 bits per heavy atom. The summed E-state index contributed by atoms with van der Waals surface area (Å²) in [5.41, 5.74) is 2.92. The van der Waals surface area contributed by atoms with E-state index in [1.165, 1.54) is 6.33 Å². The molecule has 192 valence electrons. The maximum Gasteiger partial charge on any atom is 0.306 e. The molecule has 3 aromatic heterocycles. The molecule has 0 aliphatic heterocycles. The van der Waals surface area contributed by atoms with E-state index < -0.39 is 5.97 Å². The monoisotopic (exact) mass is 494 g/mol. The van der Waals surface area contributed by atoms with Crippen LogP contribution in [-0.2, 0) is 24.8 Å². The first kappa shape index (κ1) is 25.5. The van der Waals surface area contributed by atoms with E-state index >= 15 is 0 Å². The molecule has 1 unspecified atom stereocenters. The normalized spacial score (nSPS) is 18.6. The molecule has 36 heavy (non-hydrogen) atoms. The summed E-state index contributed by atoms with van der Waals surface area (Å²) in [6, 6.07) is 3.74. The van der Waals surface area contributed by atoms with Crippen molar-refractivity contribution in [3.63, 3.8) is 0 Å². The first-order valence-corrected chi connectivity index (χ1v) is 12.5. The van der Waals surface area contributed by atoms with E-state index in [9.17, 15) is 9.90 Å². The highest BCUT2D eigenvalue weighted by atomic mass is 16.5. The molecule has 3 heterocycles. The first-order chi connectivity index (χ1) is 17.3. The number of nitrogens with one attached hydrogen (secondary N) is 1. The zero-order valence-corrected chi connectivity index (χ0v) is 21.3. The van der Waals surface area contributed by atoms with Crippen molar-refractivity contribution >= 4 is 11.9 Å². The van der Waals surface area contributed by atoms with Crippen LogP contribution in [0.3, 0.4) is 0 Å². The summed E-state index contributed by atoms with van der Waals surface area (Å²) in [5.74, 6) is 1.35. The van der Waals surface area contributed by atoms with E-state index in [2.05, 4.69) is 44.4 Å². The Bertz CT molecular complexity index is 1200. The van der Waals surface area contributed by atoms with Gasteiger partial charge in [0.2, 0.25) is 5.95 Å². The van der Waals surface area contributed by atoms with E-state index in [0.29, 0.717) is 48.4 Å². The van der Waals surface area contributed by atoms with Crippen LogP contribution in [0, 0.1) is 18.8 Å². The van der Waals surface area contributed by atoms with E-state index in [1.54, 1.807) is 4.68 Å². The number of pyridine rings is 1. The van der Waals surface area contributed by atoms with Crippen LogP contribution in [0.25, 0.3) is 11.4 Å². The van der Waals surface area contributed by atoms with Gasteiger partial charge in [-0.05, 0) is 50.7 Å². The third-order valence-electron chi connectivity index (χ3n) is 6.76. The molecule has 0 aromatic carbocycles. The zero-order chi connectivity index (χ0) is 25.7. The molecular formula is C25H34N8O3. The number of aryl methyl sites for hydroxylation is 2. The number of aromatic nitrogens is 7. The average molecular weight is 495 g/mol. The minimum absolute atomic E-state index is 0.118. The molecule has 1 saturated carbocycles. The molecule has 0 radical (unpaired) electrons. The second-order valence-electron chi connectivity index (χ2n) is 9.53. The number of carboxylic acids is 1. The summed E-state index contributed by atoms with van der Waals surface area (Å²) >= 11 is 0. The van der Waals surface area contributed by atoms with Gasteiger partial charge in [-0.25, -0.2) is 19.6 Å².